The van der Waals surface area contributed by atoms with Crippen molar-refractivity contribution in [1.82, 2.24) is 30.1 Å². The van der Waals surface area contributed by atoms with Crippen LogP contribution in [-0.2, 0) is 0 Å². The van der Waals surface area contributed by atoms with E-state index in [2.05, 4.69) is 64.4 Å². The van der Waals surface area contributed by atoms with E-state index in [-0.39, 0.29) is 11.6 Å². The van der Waals surface area contributed by atoms with Crippen LogP contribution in [-0.4, -0.2) is 43.2 Å². The minimum atomic E-state index is -0.228. The quantitative estimate of drug-likeness (QED) is 0.656. The predicted molar refractivity (Wildman–Crippen MR) is 126 cm³/mol. The molecular weight excluding hydrogens is 400 g/mol. The zero-order valence-electron chi connectivity index (χ0n) is 19.5. The zero-order valence-corrected chi connectivity index (χ0v) is 19.5. The molecule has 1 aliphatic carbocycles. The molecule has 1 saturated carbocycles. The van der Waals surface area contributed by atoms with Gasteiger partial charge in [0.1, 0.15) is 6.04 Å². The van der Waals surface area contributed by atoms with E-state index in [1.54, 1.807) is 0 Å². The van der Waals surface area contributed by atoms with E-state index < -0.39 is 0 Å². The Balaban J connectivity index is 1.63. The fourth-order valence-electron chi connectivity index (χ4n) is 5.50. The van der Waals surface area contributed by atoms with Crippen LogP contribution in [0.4, 0.5) is 0 Å². The molecule has 2 aliphatic rings. The van der Waals surface area contributed by atoms with Gasteiger partial charge in [-0.25, -0.2) is 4.68 Å². The highest BCUT2D eigenvalue weighted by molar-refractivity contribution is 5.83. The third-order valence-electron chi connectivity index (χ3n) is 7.74. The van der Waals surface area contributed by atoms with Crippen LogP contribution in [0.15, 0.2) is 23.0 Å². The summed E-state index contributed by atoms with van der Waals surface area (Å²) in [7, 11) is 0. The van der Waals surface area contributed by atoms with Crippen molar-refractivity contribution in [3.05, 3.63) is 51.1 Å². The molecule has 5 rings (SSSR count). The zero-order chi connectivity index (χ0) is 22.2. The number of nitrogens with one attached hydrogen (secondary N) is 1. The van der Waals surface area contributed by atoms with Crippen molar-refractivity contribution in [1.29, 1.82) is 0 Å². The van der Waals surface area contributed by atoms with Gasteiger partial charge in [-0.2, -0.15) is 0 Å². The van der Waals surface area contributed by atoms with Crippen LogP contribution in [0.2, 0.25) is 0 Å². The third-order valence-corrected chi connectivity index (χ3v) is 7.74. The number of aromatic amines is 1. The number of hydrogen-bond acceptors (Lipinski definition) is 5. The molecule has 0 unspecified atom stereocenters. The summed E-state index contributed by atoms with van der Waals surface area (Å²) in [5.74, 6) is 1.53. The van der Waals surface area contributed by atoms with E-state index >= 15 is 0 Å². The van der Waals surface area contributed by atoms with Gasteiger partial charge in [0.05, 0.1) is 11.6 Å². The van der Waals surface area contributed by atoms with Crippen molar-refractivity contribution in [2.75, 3.05) is 13.1 Å². The van der Waals surface area contributed by atoms with Gasteiger partial charge in [-0.15, -0.1) is 5.10 Å². The molecule has 1 saturated heterocycles. The molecule has 0 spiro atoms. The van der Waals surface area contributed by atoms with Crippen LogP contribution in [0.5, 0.6) is 0 Å². The molecule has 1 aromatic carbocycles. The Morgan fingerprint density at radius 2 is 1.81 bits per heavy atom. The van der Waals surface area contributed by atoms with Crippen LogP contribution in [0.3, 0.4) is 0 Å². The van der Waals surface area contributed by atoms with Gasteiger partial charge in [0.25, 0.3) is 5.56 Å². The Bertz CT molecular complexity index is 1150. The Kier molecular flexibility index (Phi) is 5.84. The molecule has 3 aromatic rings. The van der Waals surface area contributed by atoms with Gasteiger partial charge in [-0.3, -0.25) is 9.69 Å². The van der Waals surface area contributed by atoms with Gasteiger partial charge in [0, 0.05) is 5.56 Å². The number of tetrazole rings is 1. The summed E-state index contributed by atoms with van der Waals surface area (Å²) in [5.41, 5.74) is 3.96. The summed E-state index contributed by atoms with van der Waals surface area (Å²) in [6, 6.07) is 6.40. The summed E-state index contributed by atoms with van der Waals surface area (Å²) < 4.78 is 2.03. The number of pyridine rings is 1. The van der Waals surface area contributed by atoms with Gasteiger partial charge in [0.15, 0.2) is 5.82 Å². The first-order valence-electron chi connectivity index (χ1n) is 12.2. The van der Waals surface area contributed by atoms with Crippen molar-refractivity contribution < 1.29 is 0 Å². The molecule has 2 fully saturated rings. The van der Waals surface area contributed by atoms with Crippen molar-refractivity contribution in [3.8, 4) is 0 Å². The normalized spacial score (nSPS) is 20.1. The van der Waals surface area contributed by atoms with E-state index in [9.17, 15) is 4.79 Å². The lowest BCUT2D eigenvalue weighted by Gasteiger charge is -2.36. The van der Waals surface area contributed by atoms with Crippen molar-refractivity contribution in [2.45, 2.75) is 77.8 Å². The van der Waals surface area contributed by atoms with Crippen LogP contribution in [0.1, 0.15) is 86.5 Å². The lowest BCUT2D eigenvalue weighted by molar-refractivity contribution is 0.146. The highest BCUT2D eigenvalue weighted by atomic mass is 16.1. The summed E-state index contributed by atoms with van der Waals surface area (Å²) >= 11 is 0. The number of benzene rings is 1. The molecule has 170 valence electrons. The summed E-state index contributed by atoms with van der Waals surface area (Å²) in [6.45, 7) is 8.37. The third kappa shape index (κ3) is 3.87. The van der Waals surface area contributed by atoms with Crippen LogP contribution in [0.25, 0.3) is 10.9 Å². The van der Waals surface area contributed by atoms with E-state index in [0.29, 0.717) is 12.0 Å². The Hall–Kier alpha value is -2.54. The second-order valence-corrected chi connectivity index (χ2v) is 9.92. The largest absolute Gasteiger partial charge is 0.321 e. The molecule has 1 aliphatic heterocycles. The number of hydrogen-bond donors (Lipinski definition) is 1. The number of aryl methyl sites for hydroxylation is 2. The number of likely N-dealkylation sites (tertiary alicyclic amines) is 1. The number of rotatable bonds is 4. The average molecular weight is 435 g/mol. The van der Waals surface area contributed by atoms with Gasteiger partial charge in [0.2, 0.25) is 0 Å². The Morgan fingerprint density at radius 1 is 1.06 bits per heavy atom. The van der Waals surface area contributed by atoms with Crippen LogP contribution >= 0.6 is 0 Å². The number of fused-ring (bicyclic) bond motifs is 1. The second-order valence-electron chi connectivity index (χ2n) is 9.92. The second kappa shape index (κ2) is 8.77. The molecule has 1 atom stereocenters. The molecule has 0 bridgehead atoms. The Labute approximate surface area is 189 Å². The summed E-state index contributed by atoms with van der Waals surface area (Å²) in [6.07, 6.45) is 8.18. The monoisotopic (exact) mass is 434 g/mol. The first kappa shape index (κ1) is 21.3. The minimum Gasteiger partial charge on any atom is -0.321 e. The number of nitrogens with zero attached hydrogens (tertiary/aromatic N) is 5. The number of aromatic nitrogens is 5. The van der Waals surface area contributed by atoms with Crippen molar-refractivity contribution >= 4 is 10.9 Å². The summed E-state index contributed by atoms with van der Waals surface area (Å²) in [5, 5.41) is 14.1. The minimum absolute atomic E-state index is 0.0342. The van der Waals surface area contributed by atoms with Gasteiger partial charge in [-0.05, 0) is 91.5 Å². The molecule has 0 amide bonds. The highest BCUT2D eigenvalue weighted by Crippen LogP contribution is 2.35. The summed E-state index contributed by atoms with van der Waals surface area (Å²) in [4.78, 5) is 19.1. The average Bonchev–Trinajstić information content (AvgIpc) is 3.29. The van der Waals surface area contributed by atoms with E-state index in [1.807, 2.05) is 4.68 Å². The molecule has 1 N–H and O–H groups in total. The lowest BCUT2D eigenvalue weighted by atomic mass is 9.93. The van der Waals surface area contributed by atoms with E-state index in [0.717, 1.165) is 66.6 Å². The maximum atomic E-state index is 13.5. The molecular formula is C25H34N6O. The fourth-order valence-corrected chi connectivity index (χ4v) is 5.50. The topological polar surface area (TPSA) is 79.7 Å². The maximum Gasteiger partial charge on any atom is 0.253 e. The lowest BCUT2D eigenvalue weighted by Crippen LogP contribution is -2.40. The smallest absolute Gasteiger partial charge is 0.253 e. The van der Waals surface area contributed by atoms with E-state index in [1.165, 1.54) is 24.8 Å². The Morgan fingerprint density at radius 3 is 2.56 bits per heavy atom. The van der Waals surface area contributed by atoms with Gasteiger partial charge in [-0.1, -0.05) is 38.3 Å². The molecule has 2 aromatic heterocycles. The van der Waals surface area contributed by atoms with Crippen molar-refractivity contribution in [2.24, 2.45) is 5.92 Å². The molecule has 3 heterocycles. The number of H-pyrrole nitrogens is 1. The molecule has 0 radical (unpaired) electrons. The molecule has 32 heavy (non-hydrogen) atoms. The first-order valence-corrected chi connectivity index (χ1v) is 12.2. The molecule has 7 nitrogen and oxygen atoms in total. The van der Waals surface area contributed by atoms with Crippen LogP contribution < -0.4 is 5.56 Å². The van der Waals surface area contributed by atoms with Crippen molar-refractivity contribution in [3.63, 3.8) is 0 Å². The SMILES string of the molecule is Cc1ccc2cc([C@@H](c3nnnn3C3CCCCC3)N3CCC(C)CC3)c(=O)[nH]c2c1C. The van der Waals surface area contributed by atoms with E-state index in [4.69, 9.17) is 0 Å². The predicted octanol–water partition coefficient (Wildman–Crippen LogP) is 4.46. The fraction of sp³-hybridized carbons (Fsp3) is 0.600. The van der Waals surface area contributed by atoms with Gasteiger partial charge >= 0.3 is 0 Å². The van der Waals surface area contributed by atoms with Gasteiger partial charge < -0.3 is 4.98 Å². The number of piperidine rings is 1. The molecule has 7 heteroatoms. The highest BCUT2D eigenvalue weighted by Gasteiger charge is 2.34. The maximum absolute atomic E-state index is 13.5. The standard InChI is InChI=1S/C25H34N6O/c1-16-11-13-30(14-12-16)23(24-27-28-29-31(24)20-7-5-4-6-8-20)21-15-19-10-9-17(2)18(3)22(19)26-25(21)32/h9-10,15-16,20,23H,4-8,11-14H2,1-3H3,(H,26,32)/t23-/m0/s1. The van der Waals surface area contributed by atoms with Crippen LogP contribution in [0, 0.1) is 19.8 Å². The first-order chi connectivity index (χ1) is 15.5.